The topological polar surface area (TPSA) is 30.3 Å². The van der Waals surface area contributed by atoms with E-state index in [-0.39, 0.29) is 0 Å². The van der Waals surface area contributed by atoms with E-state index in [4.69, 9.17) is 16.3 Å². The number of nitrogens with zero attached hydrogens (tertiary/aromatic N) is 3. The number of rotatable bonds is 6. The lowest BCUT2D eigenvalue weighted by Crippen LogP contribution is -2.29. The molecule has 0 saturated carbocycles. The molecule has 5 heteroatoms. The van der Waals surface area contributed by atoms with Crippen molar-refractivity contribution in [1.29, 1.82) is 0 Å². The van der Waals surface area contributed by atoms with Gasteiger partial charge in [0.1, 0.15) is 0 Å². The van der Waals surface area contributed by atoms with Crippen molar-refractivity contribution in [2.45, 2.75) is 38.3 Å². The van der Waals surface area contributed by atoms with E-state index < -0.39 is 0 Å². The summed E-state index contributed by atoms with van der Waals surface area (Å²) < 4.78 is 7.62. The zero-order chi connectivity index (χ0) is 12.8. The van der Waals surface area contributed by atoms with Crippen LogP contribution in [0.25, 0.3) is 0 Å². The van der Waals surface area contributed by atoms with E-state index in [9.17, 15) is 0 Å². The van der Waals surface area contributed by atoms with Crippen LogP contribution < -0.4 is 0 Å². The second-order valence-corrected chi connectivity index (χ2v) is 5.44. The summed E-state index contributed by atoms with van der Waals surface area (Å²) in [5.41, 5.74) is 0. The van der Waals surface area contributed by atoms with E-state index in [1.165, 1.54) is 19.3 Å². The van der Waals surface area contributed by atoms with Crippen LogP contribution in [-0.2, 0) is 11.3 Å². The van der Waals surface area contributed by atoms with Crippen LogP contribution in [0.1, 0.15) is 25.7 Å². The third-order valence-electron chi connectivity index (χ3n) is 3.42. The number of halogens is 1. The second kappa shape index (κ2) is 7.12. The van der Waals surface area contributed by atoms with Gasteiger partial charge in [-0.2, -0.15) is 5.10 Å². The first-order valence-electron chi connectivity index (χ1n) is 6.72. The minimum absolute atomic E-state index is 0.473. The minimum atomic E-state index is 0.473. The molecular formula is C13H22ClN3O. The summed E-state index contributed by atoms with van der Waals surface area (Å²) in [5.74, 6) is 0. The third kappa shape index (κ3) is 4.59. The highest BCUT2D eigenvalue weighted by Crippen LogP contribution is 2.15. The van der Waals surface area contributed by atoms with Crippen LogP contribution in [0, 0.1) is 0 Å². The van der Waals surface area contributed by atoms with Crippen LogP contribution in [0.15, 0.2) is 12.4 Å². The molecule has 0 amide bonds. The van der Waals surface area contributed by atoms with Gasteiger partial charge in [0, 0.05) is 25.9 Å². The molecule has 1 aromatic rings. The van der Waals surface area contributed by atoms with Gasteiger partial charge in [0.2, 0.25) is 0 Å². The van der Waals surface area contributed by atoms with E-state index in [0.29, 0.717) is 11.1 Å². The van der Waals surface area contributed by atoms with Gasteiger partial charge in [-0.15, -0.1) is 0 Å². The van der Waals surface area contributed by atoms with Gasteiger partial charge in [-0.3, -0.25) is 4.68 Å². The molecule has 1 fully saturated rings. The van der Waals surface area contributed by atoms with Gasteiger partial charge in [0.15, 0.2) is 0 Å². The number of aromatic nitrogens is 2. The molecule has 0 N–H and O–H groups in total. The molecule has 102 valence electrons. The van der Waals surface area contributed by atoms with Gasteiger partial charge in [-0.25, -0.2) is 0 Å². The molecule has 4 nitrogen and oxygen atoms in total. The molecular weight excluding hydrogens is 250 g/mol. The van der Waals surface area contributed by atoms with Crippen molar-refractivity contribution in [1.82, 2.24) is 14.7 Å². The van der Waals surface area contributed by atoms with Crippen molar-refractivity contribution in [3.8, 4) is 0 Å². The zero-order valence-corrected chi connectivity index (χ0v) is 11.8. The summed E-state index contributed by atoms with van der Waals surface area (Å²) >= 11 is 5.82. The molecule has 2 rings (SSSR count). The van der Waals surface area contributed by atoms with Gasteiger partial charge in [-0.1, -0.05) is 11.6 Å². The van der Waals surface area contributed by atoms with Gasteiger partial charge in [0.05, 0.1) is 23.9 Å². The van der Waals surface area contributed by atoms with Crippen molar-refractivity contribution in [3.05, 3.63) is 17.4 Å². The first-order chi connectivity index (χ1) is 8.74. The molecule has 1 aliphatic heterocycles. The summed E-state index contributed by atoms with van der Waals surface area (Å²) in [5, 5.41) is 4.87. The molecule has 0 spiro atoms. The normalized spacial score (nSPS) is 20.5. The molecule has 0 radical (unpaired) electrons. The van der Waals surface area contributed by atoms with E-state index in [2.05, 4.69) is 17.0 Å². The molecule has 1 saturated heterocycles. The molecule has 1 unspecified atom stereocenters. The SMILES string of the molecule is CN(CCC1CCCCO1)CCn1cc(Cl)cn1. The van der Waals surface area contributed by atoms with Crippen LogP contribution in [-0.4, -0.2) is 47.5 Å². The van der Waals surface area contributed by atoms with Crippen LogP contribution in [0.5, 0.6) is 0 Å². The fourth-order valence-corrected chi connectivity index (χ4v) is 2.40. The number of likely N-dealkylation sites (N-methyl/N-ethyl adjacent to an activating group) is 1. The van der Waals surface area contributed by atoms with Crippen LogP contribution >= 0.6 is 11.6 Å². The fourth-order valence-electron chi connectivity index (χ4n) is 2.25. The summed E-state index contributed by atoms with van der Waals surface area (Å²) in [4.78, 5) is 2.33. The monoisotopic (exact) mass is 271 g/mol. The van der Waals surface area contributed by atoms with Crippen LogP contribution in [0.4, 0.5) is 0 Å². The molecule has 18 heavy (non-hydrogen) atoms. The molecule has 1 aliphatic rings. The van der Waals surface area contributed by atoms with Gasteiger partial charge in [-0.05, 0) is 32.7 Å². The van der Waals surface area contributed by atoms with E-state index in [1.54, 1.807) is 6.20 Å². The Bertz CT molecular complexity index is 350. The van der Waals surface area contributed by atoms with E-state index in [0.717, 1.165) is 32.7 Å². The van der Waals surface area contributed by atoms with Crippen LogP contribution in [0.3, 0.4) is 0 Å². The Balaban J connectivity index is 1.61. The largest absolute Gasteiger partial charge is 0.378 e. The Morgan fingerprint density at radius 3 is 3.06 bits per heavy atom. The summed E-state index contributed by atoms with van der Waals surface area (Å²) in [6.07, 6.45) is 8.92. The lowest BCUT2D eigenvalue weighted by Gasteiger charge is -2.25. The fraction of sp³-hybridized carbons (Fsp3) is 0.769. The lowest BCUT2D eigenvalue weighted by molar-refractivity contribution is 0.00660. The van der Waals surface area contributed by atoms with Gasteiger partial charge >= 0.3 is 0 Å². The standard InChI is InChI=1S/C13H22ClN3O/c1-16(6-5-13-4-2-3-9-18-13)7-8-17-11-12(14)10-15-17/h10-11,13H,2-9H2,1H3. The average molecular weight is 272 g/mol. The zero-order valence-electron chi connectivity index (χ0n) is 11.0. The first kappa shape index (κ1) is 13.8. The summed E-state index contributed by atoms with van der Waals surface area (Å²) in [6.45, 7) is 3.90. The Morgan fingerprint density at radius 2 is 2.39 bits per heavy atom. The maximum Gasteiger partial charge on any atom is 0.0785 e. The lowest BCUT2D eigenvalue weighted by atomic mass is 10.1. The van der Waals surface area contributed by atoms with Crippen molar-refractivity contribution in [2.75, 3.05) is 26.7 Å². The van der Waals surface area contributed by atoms with Crippen molar-refractivity contribution >= 4 is 11.6 Å². The first-order valence-corrected chi connectivity index (χ1v) is 7.10. The van der Waals surface area contributed by atoms with E-state index >= 15 is 0 Å². The number of hydrogen-bond acceptors (Lipinski definition) is 3. The van der Waals surface area contributed by atoms with Crippen molar-refractivity contribution in [2.24, 2.45) is 0 Å². The Labute approximate surface area is 114 Å². The average Bonchev–Trinajstić information content (AvgIpc) is 2.81. The summed E-state index contributed by atoms with van der Waals surface area (Å²) in [6, 6.07) is 0. The predicted octanol–water partition coefficient (Wildman–Crippen LogP) is 2.43. The molecule has 0 bridgehead atoms. The second-order valence-electron chi connectivity index (χ2n) is 5.00. The Hall–Kier alpha value is -0.580. The van der Waals surface area contributed by atoms with Crippen molar-refractivity contribution < 1.29 is 4.74 Å². The molecule has 1 atom stereocenters. The van der Waals surface area contributed by atoms with Crippen molar-refractivity contribution in [3.63, 3.8) is 0 Å². The highest BCUT2D eigenvalue weighted by molar-refractivity contribution is 6.30. The predicted molar refractivity (Wildman–Crippen MR) is 72.9 cm³/mol. The maximum absolute atomic E-state index is 5.82. The summed E-state index contributed by atoms with van der Waals surface area (Å²) in [7, 11) is 2.15. The minimum Gasteiger partial charge on any atom is -0.378 e. The smallest absolute Gasteiger partial charge is 0.0785 e. The van der Waals surface area contributed by atoms with Gasteiger partial charge < -0.3 is 9.64 Å². The number of hydrogen-bond donors (Lipinski definition) is 0. The Morgan fingerprint density at radius 1 is 1.50 bits per heavy atom. The molecule has 0 aliphatic carbocycles. The highest BCUT2D eigenvalue weighted by Gasteiger charge is 2.14. The quantitative estimate of drug-likeness (QED) is 0.796. The van der Waals surface area contributed by atoms with Crippen LogP contribution in [0.2, 0.25) is 5.02 Å². The van der Waals surface area contributed by atoms with E-state index in [1.807, 2.05) is 10.9 Å². The molecule has 0 aromatic carbocycles. The number of ether oxygens (including phenoxy) is 1. The van der Waals surface area contributed by atoms with Gasteiger partial charge in [0.25, 0.3) is 0 Å². The molecule has 1 aromatic heterocycles. The third-order valence-corrected chi connectivity index (χ3v) is 3.61. The molecule has 2 heterocycles. The maximum atomic E-state index is 5.82. The highest BCUT2D eigenvalue weighted by atomic mass is 35.5. The Kier molecular flexibility index (Phi) is 5.47.